The van der Waals surface area contributed by atoms with E-state index in [1.54, 1.807) is 11.3 Å². The van der Waals surface area contributed by atoms with Crippen LogP contribution in [-0.2, 0) is 6.54 Å². The van der Waals surface area contributed by atoms with E-state index in [4.69, 9.17) is 9.52 Å². The predicted octanol–water partition coefficient (Wildman–Crippen LogP) is 2.91. The molecular weight excluding hydrogens is 260 g/mol. The van der Waals surface area contributed by atoms with Crippen LogP contribution in [0.15, 0.2) is 21.9 Å². The smallest absolute Gasteiger partial charge is 0.236 e. The van der Waals surface area contributed by atoms with Gasteiger partial charge in [-0.25, -0.2) is 4.98 Å². The third kappa shape index (κ3) is 3.43. The molecule has 0 saturated carbocycles. The molecule has 0 atom stereocenters. The molecular formula is C14H20N2O2S. The van der Waals surface area contributed by atoms with Crippen LogP contribution in [0.3, 0.4) is 0 Å². The van der Waals surface area contributed by atoms with E-state index in [2.05, 4.69) is 23.7 Å². The van der Waals surface area contributed by atoms with Crippen LogP contribution in [0.2, 0.25) is 0 Å². The molecule has 19 heavy (non-hydrogen) atoms. The van der Waals surface area contributed by atoms with Gasteiger partial charge in [-0.2, -0.15) is 0 Å². The molecule has 5 heteroatoms. The topological polar surface area (TPSA) is 49.5 Å². The summed E-state index contributed by atoms with van der Waals surface area (Å²) < 4.78 is 5.73. The number of oxazole rings is 1. The quantitative estimate of drug-likeness (QED) is 0.884. The van der Waals surface area contributed by atoms with Crippen LogP contribution in [0.1, 0.15) is 25.3 Å². The molecule has 0 amide bonds. The molecule has 2 rings (SSSR count). The molecule has 0 bridgehead atoms. The van der Waals surface area contributed by atoms with E-state index in [0.717, 1.165) is 16.3 Å². The lowest BCUT2D eigenvalue weighted by Crippen LogP contribution is -2.33. The van der Waals surface area contributed by atoms with Gasteiger partial charge in [-0.15, -0.1) is 11.3 Å². The van der Waals surface area contributed by atoms with Gasteiger partial charge in [0.25, 0.3) is 0 Å². The number of aryl methyl sites for hydroxylation is 1. The van der Waals surface area contributed by atoms with Crippen molar-refractivity contribution in [3.05, 3.63) is 29.0 Å². The van der Waals surface area contributed by atoms with Gasteiger partial charge >= 0.3 is 0 Å². The Bertz CT molecular complexity index is 506. The normalized spacial score (nSPS) is 11.7. The van der Waals surface area contributed by atoms with E-state index in [-0.39, 0.29) is 6.61 Å². The van der Waals surface area contributed by atoms with Crippen molar-refractivity contribution >= 4 is 11.3 Å². The first-order valence-corrected chi connectivity index (χ1v) is 7.35. The van der Waals surface area contributed by atoms with Crippen LogP contribution < -0.4 is 0 Å². The van der Waals surface area contributed by atoms with E-state index in [0.29, 0.717) is 25.0 Å². The second-order valence-electron chi connectivity index (χ2n) is 4.79. The minimum atomic E-state index is 0.160. The maximum atomic E-state index is 9.10. The standard InChI is InChI=1S/C14H20N2O2S/c1-10(2)16(6-7-17)9-12-11(3)18-14(15-12)13-5-4-8-19-13/h4-5,8,10,17H,6-7,9H2,1-3H3. The number of thiophene rings is 1. The molecule has 0 fully saturated rings. The van der Waals surface area contributed by atoms with Crippen molar-refractivity contribution in [2.75, 3.05) is 13.2 Å². The summed E-state index contributed by atoms with van der Waals surface area (Å²) in [6.07, 6.45) is 0. The van der Waals surface area contributed by atoms with E-state index in [1.807, 2.05) is 24.4 Å². The molecule has 0 saturated heterocycles. The Balaban J connectivity index is 2.16. The van der Waals surface area contributed by atoms with Gasteiger partial charge in [0.15, 0.2) is 0 Å². The van der Waals surface area contributed by atoms with Gasteiger partial charge in [-0.3, -0.25) is 4.90 Å². The summed E-state index contributed by atoms with van der Waals surface area (Å²) in [4.78, 5) is 7.81. The number of aliphatic hydroxyl groups excluding tert-OH is 1. The van der Waals surface area contributed by atoms with Gasteiger partial charge in [-0.05, 0) is 32.2 Å². The zero-order valence-corrected chi connectivity index (χ0v) is 12.4. The van der Waals surface area contributed by atoms with Gasteiger partial charge in [0.05, 0.1) is 17.2 Å². The molecule has 0 aliphatic carbocycles. The molecule has 0 aliphatic rings. The fourth-order valence-corrected chi connectivity index (χ4v) is 2.57. The molecule has 2 heterocycles. The second kappa shape index (κ2) is 6.32. The van der Waals surface area contributed by atoms with Crippen molar-refractivity contribution in [2.24, 2.45) is 0 Å². The average Bonchev–Trinajstić information content (AvgIpc) is 2.98. The first-order chi connectivity index (χ1) is 9.11. The number of nitrogens with zero attached hydrogens (tertiary/aromatic N) is 2. The summed E-state index contributed by atoms with van der Waals surface area (Å²) in [6.45, 7) is 7.69. The van der Waals surface area contributed by atoms with Crippen LogP contribution in [0.25, 0.3) is 10.8 Å². The lowest BCUT2D eigenvalue weighted by Gasteiger charge is -2.24. The Kier molecular flexibility index (Phi) is 4.74. The average molecular weight is 280 g/mol. The Morgan fingerprint density at radius 3 is 2.84 bits per heavy atom. The van der Waals surface area contributed by atoms with Crippen LogP contribution in [-0.4, -0.2) is 34.2 Å². The zero-order chi connectivity index (χ0) is 13.8. The summed E-state index contributed by atoms with van der Waals surface area (Å²) in [5, 5.41) is 11.1. The molecule has 4 nitrogen and oxygen atoms in total. The van der Waals surface area contributed by atoms with Crippen molar-refractivity contribution in [1.82, 2.24) is 9.88 Å². The number of aliphatic hydroxyl groups is 1. The maximum absolute atomic E-state index is 9.10. The van der Waals surface area contributed by atoms with Crippen molar-refractivity contribution in [3.8, 4) is 10.8 Å². The SMILES string of the molecule is Cc1oc(-c2cccs2)nc1CN(CCO)C(C)C. The number of hydrogen-bond acceptors (Lipinski definition) is 5. The van der Waals surface area contributed by atoms with E-state index in [1.165, 1.54) is 0 Å². The van der Waals surface area contributed by atoms with Gasteiger partial charge in [0, 0.05) is 19.1 Å². The highest BCUT2D eigenvalue weighted by Crippen LogP contribution is 2.26. The Morgan fingerprint density at radius 1 is 1.47 bits per heavy atom. The van der Waals surface area contributed by atoms with E-state index >= 15 is 0 Å². The zero-order valence-electron chi connectivity index (χ0n) is 11.6. The first-order valence-electron chi connectivity index (χ1n) is 6.47. The summed E-state index contributed by atoms with van der Waals surface area (Å²) >= 11 is 1.62. The van der Waals surface area contributed by atoms with Crippen LogP contribution in [0.5, 0.6) is 0 Å². The van der Waals surface area contributed by atoms with Gasteiger partial charge in [0.1, 0.15) is 5.76 Å². The highest BCUT2D eigenvalue weighted by Gasteiger charge is 2.16. The van der Waals surface area contributed by atoms with Crippen LogP contribution in [0.4, 0.5) is 0 Å². The lowest BCUT2D eigenvalue weighted by atomic mass is 10.2. The van der Waals surface area contributed by atoms with Gasteiger partial charge in [-0.1, -0.05) is 6.07 Å². The highest BCUT2D eigenvalue weighted by molar-refractivity contribution is 7.13. The second-order valence-corrected chi connectivity index (χ2v) is 5.73. The summed E-state index contributed by atoms with van der Waals surface area (Å²) in [6, 6.07) is 4.37. The van der Waals surface area contributed by atoms with Crippen molar-refractivity contribution in [3.63, 3.8) is 0 Å². The van der Waals surface area contributed by atoms with Crippen molar-refractivity contribution in [1.29, 1.82) is 0 Å². The third-order valence-corrected chi connectivity index (χ3v) is 3.95. The molecule has 2 aromatic rings. The fraction of sp³-hybridized carbons (Fsp3) is 0.500. The largest absolute Gasteiger partial charge is 0.440 e. The fourth-order valence-electron chi connectivity index (χ4n) is 1.92. The molecule has 0 aliphatic heterocycles. The van der Waals surface area contributed by atoms with Crippen molar-refractivity contribution < 1.29 is 9.52 Å². The molecule has 2 aromatic heterocycles. The maximum Gasteiger partial charge on any atom is 0.236 e. The van der Waals surface area contributed by atoms with Gasteiger partial charge in [0.2, 0.25) is 5.89 Å². The molecule has 104 valence electrons. The summed E-state index contributed by atoms with van der Waals surface area (Å²) in [5.74, 6) is 1.54. The predicted molar refractivity (Wildman–Crippen MR) is 77.2 cm³/mol. The minimum Gasteiger partial charge on any atom is -0.440 e. The van der Waals surface area contributed by atoms with Crippen LogP contribution >= 0.6 is 11.3 Å². The highest BCUT2D eigenvalue weighted by atomic mass is 32.1. The third-order valence-electron chi connectivity index (χ3n) is 3.09. The van der Waals surface area contributed by atoms with Gasteiger partial charge < -0.3 is 9.52 Å². The number of hydrogen-bond donors (Lipinski definition) is 1. The molecule has 1 N–H and O–H groups in total. The molecule has 0 unspecified atom stereocenters. The molecule has 0 radical (unpaired) electrons. The molecule has 0 spiro atoms. The summed E-state index contributed by atoms with van der Waals surface area (Å²) in [5.41, 5.74) is 0.950. The van der Waals surface area contributed by atoms with E-state index < -0.39 is 0 Å². The first kappa shape index (κ1) is 14.2. The monoisotopic (exact) mass is 280 g/mol. The number of rotatable bonds is 6. The number of aromatic nitrogens is 1. The Labute approximate surface area is 117 Å². The lowest BCUT2D eigenvalue weighted by molar-refractivity contribution is 0.157. The summed E-state index contributed by atoms with van der Waals surface area (Å²) in [7, 11) is 0. The Morgan fingerprint density at radius 2 is 2.26 bits per heavy atom. The minimum absolute atomic E-state index is 0.160. The van der Waals surface area contributed by atoms with E-state index in [9.17, 15) is 0 Å². The van der Waals surface area contributed by atoms with Crippen molar-refractivity contribution in [2.45, 2.75) is 33.4 Å². The molecule has 0 aromatic carbocycles. The Hall–Kier alpha value is -1.17. The van der Waals surface area contributed by atoms with Crippen LogP contribution in [0, 0.1) is 6.92 Å².